The maximum atomic E-state index is 5.91. The molecule has 0 saturated carbocycles. The average Bonchev–Trinajstić information content (AvgIpc) is 3.71. The van der Waals surface area contributed by atoms with E-state index in [0.717, 1.165) is 30.2 Å². The average molecular weight is 953 g/mol. The maximum Gasteiger partial charge on any atom is 0.155 e. The number of hydrogen-bond donors (Lipinski definition) is 0. The molecule has 6 rings (SSSR count). The second-order valence-corrected chi connectivity index (χ2v) is 17.1. The van der Waals surface area contributed by atoms with Gasteiger partial charge in [0.05, 0.1) is 5.52 Å². The molecule has 1 aliphatic carbocycles. The molecule has 0 saturated heterocycles. The van der Waals surface area contributed by atoms with Gasteiger partial charge in [-0.15, -0.1) is 5.69 Å². The first-order chi connectivity index (χ1) is 27.1. The first-order valence-corrected chi connectivity index (χ1v) is 21.2. The molecule has 3 aromatic carbocycles. The van der Waals surface area contributed by atoms with Crippen LogP contribution in [0.4, 0.5) is 5.69 Å². The molecule has 1 aliphatic rings. The van der Waals surface area contributed by atoms with Gasteiger partial charge in [-0.2, -0.15) is 42.3 Å². The minimum atomic E-state index is -0.255. The van der Waals surface area contributed by atoms with E-state index in [2.05, 4.69) is 162 Å². The van der Waals surface area contributed by atoms with Crippen molar-refractivity contribution in [3.8, 4) is 5.82 Å². The molecule has 0 bridgehead atoms. The van der Waals surface area contributed by atoms with E-state index in [9.17, 15) is 0 Å². The Kier molecular flexibility index (Phi) is 21.4. The van der Waals surface area contributed by atoms with Crippen molar-refractivity contribution in [3.05, 3.63) is 133 Å². The normalized spacial score (nSPS) is 12.7. The van der Waals surface area contributed by atoms with E-state index < -0.39 is 0 Å². The van der Waals surface area contributed by atoms with Crippen LogP contribution < -0.4 is 0 Å². The van der Waals surface area contributed by atoms with Crippen molar-refractivity contribution in [2.45, 2.75) is 131 Å². The first kappa shape index (κ1) is 51.1. The van der Waals surface area contributed by atoms with Gasteiger partial charge in [-0.25, -0.2) is 4.98 Å². The first-order valence-electron chi connectivity index (χ1n) is 21.2. The SMILES string of the molecule is CC(C)c1cc(C(C)C)c(C([N-]c2c(C(C)C)cccc2C(C)C)c2nc(-n3c4c(c5ccccc53)CCCC4)cn2C)c(C(C)C)c1.C[N-]C.C[N-]C.C[N-]C.[Hf]. The maximum absolute atomic E-state index is 5.91. The molecule has 0 aliphatic heterocycles. The number of hydrogen-bond acceptors (Lipinski definition) is 1. The zero-order valence-electron chi connectivity index (χ0n) is 39.2. The third kappa shape index (κ3) is 12.0. The Labute approximate surface area is 372 Å². The summed E-state index contributed by atoms with van der Waals surface area (Å²) < 4.78 is 4.73. The largest absolute Gasteiger partial charge is 0.671 e. The Morgan fingerprint density at radius 1 is 0.603 bits per heavy atom. The molecule has 2 heterocycles. The van der Waals surface area contributed by atoms with E-state index in [4.69, 9.17) is 10.3 Å². The number of nitrogens with zero attached hydrogens (tertiary/aromatic N) is 7. The summed E-state index contributed by atoms with van der Waals surface area (Å²) >= 11 is 0. The molecule has 0 spiro atoms. The summed E-state index contributed by atoms with van der Waals surface area (Å²) in [5.41, 5.74) is 13.5. The molecule has 58 heavy (non-hydrogen) atoms. The minimum absolute atomic E-state index is 0. The van der Waals surface area contributed by atoms with Gasteiger partial charge in [0.2, 0.25) is 0 Å². The number of rotatable bonds is 10. The Morgan fingerprint density at radius 2 is 1.09 bits per heavy atom. The zero-order valence-corrected chi connectivity index (χ0v) is 42.8. The molecule has 318 valence electrons. The van der Waals surface area contributed by atoms with Gasteiger partial charge in [0.15, 0.2) is 5.82 Å². The molecule has 7 nitrogen and oxygen atoms in total. The molecular weight excluding hydrogens is 877 g/mol. The Morgan fingerprint density at radius 3 is 1.57 bits per heavy atom. The summed E-state index contributed by atoms with van der Waals surface area (Å²) in [4.78, 5) is 5.62. The smallest absolute Gasteiger partial charge is 0.155 e. The summed E-state index contributed by atoms with van der Waals surface area (Å²) in [5.74, 6) is 3.86. The summed E-state index contributed by atoms with van der Waals surface area (Å²) in [6.07, 6.45) is 6.97. The molecule has 1 atom stereocenters. The number of para-hydroxylation sites is 2. The van der Waals surface area contributed by atoms with E-state index in [-0.39, 0.29) is 31.9 Å². The van der Waals surface area contributed by atoms with E-state index >= 15 is 0 Å². The third-order valence-electron chi connectivity index (χ3n) is 10.6. The number of benzene rings is 3. The van der Waals surface area contributed by atoms with Gasteiger partial charge < -0.3 is 25.8 Å². The van der Waals surface area contributed by atoms with Crippen molar-refractivity contribution >= 4 is 16.6 Å². The van der Waals surface area contributed by atoms with E-state index in [1.165, 1.54) is 68.4 Å². The van der Waals surface area contributed by atoms with Crippen LogP contribution in [0, 0.1) is 0 Å². The van der Waals surface area contributed by atoms with Crippen LogP contribution in [0.15, 0.2) is 60.8 Å². The van der Waals surface area contributed by atoms with Gasteiger partial charge in [0, 0.05) is 50.2 Å². The fraction of sp³-hybridized carbons (Fsp3) is 0.540. The van der Waals surface area contributed by atoms with Gasteiger partial charge in [-0.3, -0.25) is 4.57 Å². The van der Waals surface area contributed by atoms with E-state index in [1.54, 1.807) is 42.3 Å². The van der Waals surface area contributed by atoms with E-state index in [1.807, 2.05) is 0 Å². The quantitative estimate of drug-likeness (QED) is 0.128. The Hall–Kier alpha value is -3.04. The minimum Gasteiger partial charge on any atom is -0.671 e. The van der Waals surface area contributed by atoms with Crippen LogP contribution in [0.25, 0.3) is 38.0 Å². The monoisotopic (exact) mass is 954 g/mol. The van der Waals surface area contributed by atoms with Crippen LogP contribution in [0.3, 0.4) is 0 Å². The van der Waals surface area contributed by atoms with Crippen molar-refractivity contribution < 1.29 is 25.8 Å². The topological polar surface area (TPSA) is 79.2 Å². The summed E-state index contributed by atoms with van der Waals surface area (Å²) in [6.45, 7) is 23.2. The molecular formula is C50H75HfN7-4. The van der Waals surface area contributed by atoms with Crippen molar-refractivity contribution in [1.82, 2.24) is 14.1 Å². The third-order valence-corrected chi connectivity index (χ3v) is 10.6. The number of aryl methyl sites for hydroxylation is 2. The Balaban J connectivity index is 0.00000106. The van der Waals surface area contributed by atoms with Gasteiger partial charge >= 0.3 is 0 Å². The summed E-state index contributed by atoms with van der Waals surface area (Å²) in [7, 11) is 12.7. The van der Waals surface area contributed by atoms with Gasteiger partial charge in [-0.1, -0.05) is 129 Å². The van der Waals surface area contributed by atoms with Crippen LogP contribution in [0.2, 0.25) is 0 Å². The Bertz CT molecular complexity index is 1920. The zero-order chi connectivity index (χ0) is 42.6. The molecule has 8 heteroatoms. The van der Waals surface area contributed by atoms with Crippen LogP contribution >= 0.6 is 0 Å². The van der Waals surface area contributed by atoms with Gasteiger partial charge in [-0.05, 0) is 95.2 Å². The van der Waals surface area contributed by atoms with Gasteiger partial charge in [0.1, 0.15) is 5.82 Å². The molecule has 5 aromatic rings. The van der Waals surface area contributed by atoms with Gasteiger partial charge in [0.25, 0.3) is 0 Å². The second-order valence-electron chi connectivity index (χ2n) is 17.1. The fourth-order valence-corrected chi connectivity index (χ4v) is 7.95. The fourth-order valence-electron chi connectivity index (χ4n) is 7.95. The van der Waals surface area contributed by atoms with Crippen molar-refractivity contribution in [3.63, 3.8) is 0 Å². The van der Waals surface area contributed by atoms with Crippen molar-refractivity contribution in [1.29, 1.82) is 0 Å². The van der Waals surface area contributed by atoms with Crippen LogP contribution in [0.5, 0.6) is 0 Å². The standard InChI is InChI=1S/C44H57N4.3C2H6N.Hf/c1-26(2)31-23-36(29(7)8)41(37(24-31)30(9)10)43(46-42-32(27(3)4)19-16-20-33(42)28(5)6)44-45-40(25-47(44)11)48-38-21-14-12-17-34(38)35-18-13-15-22-39(35)48;3*1-3-2;/h12,14,16-17,19-21,23-30,43H,13,15,18,22H2,1-11H3;3*1-2H3;/q4*-1;. The molecule has 0 fully saturated rings. The van der Waals surface area contributed by atoms with Crippen molar-refractivity contribution in [2.24, 2.45) is 7.05 Å². The van der Waals surface area contributed by atoms with E-state index in [0.29, 0.717) is 29.6 Å². The van der Waals surface area contributed by atoms with Crippen LogP contribution in [-0.2, 0) is 45.7 Å². The van der Waals surface area contributed by atoms with Crippen molar-refractivity contribution in [2.75, 3.05) is 42.3 Å². The second kappa shape index (κ2) is 24.3. The predicted molar refractivity (Wildman–Crippen MR) is 250 cm³/mol. The predicted octanol–water partition coefficient (Wildman–Crippen LogP) is 14.5. The molecule has 1 unspecified atom stereocenters. The molecule has 0 N–H and O–H groups in total. The summed E-state index contributed by atoms with van der Waals surface area (Å²) in [6, 6.07) is 20.4. The molecule has 0 amide bonds. The number of aromatic nitrogens is 3. The van der Waals surface area contributed by atoms with Crippen LogP contribution in [0.1, 0.15) is 168 Å². The number of imidazole rings is 1. The molecule has 0 radical (unpaired) electrons. The molecule has 2 aromatic heterocycles. The summed E-state index contributed by atoms with van der Waals surface area (Å²) in [5, 5.41) is 17.8. The van der Waals surface area contributed by atoms with Crippen LogP contribution in [-0.4, -0.2) is 56.4 Å². The number of fused-ring (bicyclic) bond motifs is 3.